The minimum absolute atomic E-state index is 0.00790. The Labute approximate surface area is 117 Å². The average molecular weight is 300 g/mol. The zero-order valence-electron chi connectivity index (χ0n) is 10.5. The molecule has 0 saturated heterocycles. The van der Waals surface area contributed by atoms with Crippen LogP contribution >= 0.6 is 11.8 Å². The number of anilines is 1. The van der Waals surface area contributed by atoms with Gasteiger partial charge in [0.15, 0.2) is 5.16 Å². The first kappa shape index (κ1) is 14.2. The Morgan fingerprint density at radius 1 is 1.20 bits per heavy atom. The number of thioether (sulfide) groups is 1. The first-order valence-electron chi connectivity index (χ1n) is 5.56. The van der Waals surface area contributed by atoms with Gasteiger partial charge in [0.2, 0.25) is 5.88 Å². The molecule has 1 aromatic heterocycles. The molecule has 9 nitrogen and oxygen atoms in total. The summed E-state index contributed by atoms with van der Waals surface area (Å²) in [5.41, 5.74) is 0.114. The van der Waals surface area contributed by atoms with Gasteiger partial charge in [0, 0.05) is 13.1 Å². The second-order valence-corrected chi connectivity index (χ2v) is 4.74. The normalized spacial score (nSPS) is 14.7. The van der Waals surface area contributed by atoms with E-state index in [0.29, 0.717) is 0 Å². The molecule has 0 radical (unpaired) electrons. The third kappa shape index (κ3) is 2.54. The van der Waals surface area contributed by atoms with Gasteiger partial charge in [-0.2, -0.15) is 4.98 Å². The van der Waals surface area contributed by atoms with Crippen molar-refractivity contribution >= 4 is 29.6 Å². The van der Waals surface area contributed by atoms with Crippen LogP contribution in [0.4, 0.5) is 15.3 Å². The standard InChI is InChI=1S/C10H12N4O5S/c1-20-8-11-5-4-13(9(16)17)2-3-14(10(18)19)6(5)7(15)12-8/h2-4H2,1H3,(H,16,17)(H,18,19)(H,11,12,15). The van der Waals surface area contributed by atoms with Gasteiger partial charge in [0.1, 0.15) is 5.69 Å². The fraction of sp³-hybridized carbons (Fsp3) is 0.400. The van der Waals surface area contributed by atoms with Crippen molar-refractivity contribution in [2.75, 3.05) is 24.2 Å². The second kappa shape index (κ2) is 5.41. The molecule has 1 aliphatic heterocycles. The fourth-order valence-electron chi connectivity index (χ4n) is 1.89. The highest BCUT2D eigenvalue weighted by Gasteiger charge is 2.30. The molecule has 10 heteroatoms. The van der Waals surface area contributed by atoms with Crippen LogP contribution in [-0.2, 0) is 6.54 Å². The molecule has 0 aromatic carbocycles. The Hall–Kier alpha value is -2.23. The highest BCUT2D eigenvalue weighted by molar-refractivity contribution is 7.98. The number of hydrogen-bond acceptors (Lipinski definition) is 6. The quantitative estimate of drug-likeness (QED) is 0.515. The topological polar surface area (TPSA) is 127 Å². The second-order valence-electron chi connectivity index (χ2n) is 3.97. The van der Waals surface area contributed by atoms with E-state index >= 15 is 0 Å². The number of carbonyl (C=O) groups is 2. The van der Waals surface area contributed by atoms with E-state index in [4.69, 9.17) is 5.11 Å². The predicted molar refractivity (Wildman–Crippen MR) is 69.3 cm³/mol. The van der Waals surface area contributed by atoms with Gasteiger partial charge >= 0.3 is 12.2 Å². The molecule has 20 heavy (non-hydrogen) atoms. The number of aromatic nitrogens is 2. The van der Waals surface area contributed by atoms with Gasteiger partial charge in [-0.1, -0.05) is 11.8 Å². The van der Waals surface area contributed by atoms with E-state index in [1.54, 1.807) is 6.26 Å². The largest absolute Gasteiger partial charge is 0.492 e. The van der Waals surface area contributed by atoms with E-state index < -0.39 is 18.1 Å². The minimum Gasteiger partial charge on any atom is -0.492 e. The molecule has 1 aromatic rings. The van der Waals surface area contributed by atoms with Crippen molar-refractivity contribution < 1.29 is 24.9 Å². The Kier molecular flexibility index (Phi) is 3.84. The minimum atomic E-state index is -1.30. The first-order valence-corrected chi connectivity index (χ1v) is 6.78. The summed E-state index contributed by atoms with van der Waals surface area (Å²) >= 11 is 1.17. The van der Waals surface area contributed by atoms with Crippen LogP contribution in [0.1, 0.15) is 5.69 Å². The lowest BCUT2D eigenvalue weighted by molar-refractivity contribution is 0.143. The summed E-state index contributed by atoms with van der Waals surface area (Å²) in [5.74, 6) is -0.464. The molecule has 2 amide bonds. The van der Waals surface area contributed by atoms with Crippen LogP contribution in [-0.4, -0.2) is 61.7 Å². The zero-order valence-corrected chi connectivity index (χ0v) is 11.3. The molecule has 0 saturated carbocycles. The number of hydrogen-bond donors (Lipinski definition) is 3. The lowest BCUT2D eigenvalue weighted by Crippen LogP contribution is -2.36. The summed E-state index contributed by atoms with van der Waals surface area (Å²) in [6.45, 7) is -0.200. The van der Waals surface area contributed by atoms with Gasteiger partial charge in [-0.25, -0.2) is 14.6 Å². The highest BCUT2D eigenvalue weighted by Crippen LogP contribution is 2.33. The monoisotopic (exact) mass is 300 g/mol. The van der Waals surface area contributed by atoms with Crippen molar-refractivity contribution in [2.45, 2.75) is 11.7 Å². The van der Waals surface area contributed by atoms with E-state index in [1.165, 1.54) is 11.8 Å². The third-order valence-corrected chi connectivity index (χ3v) is 3.35. The summed E-state index contributed by atoms with van der Waals surface area (Å²) in [4.78, 5) is 32.1. The van der Waals surface area contributed by atoms with E-state index in [9.17, 15) is 19.8 Å². The summed E-state index contributed by atoms with van der Waals surface area (Å²) in [6, 6.07) is 0. The van der Waals surface area contributed by atoms with Crippen LogP contribution in [0, 0.1) is 0 Å². The van der Waals surface area contributed by atoms with Crippen molar-refractivity contribution in [3.05, 3.63) is 5.69 Å². The van der Waals surface area contributed by atoms with Crippen LogP contribution in [0.5, 0.6) is 5.88 Å². The maximum Gasteiger partial charge on any atom is 0.412 e. The summed E-state index contributed by atoms with van der Waals surface area (Å²) < 4.78 is 0. The maximum atomic E-state index is 11.2. The Balaban J connectivity index is 2.55. The van der Waals surface area contributed by atoms with Crippen LogP contribution in [0.15, 0.2) is 5.16 Å². The molecule has 0 spiro atoms. The number of nitrogens with zero attached hydrogens (tertiary/aromatic N) is 4. The molecule has 0 fully saturated rings. The predicted octanol–water partition coefficient (Wildman–Crippen LogP) is 0.882. The van der Waals surface area contributed by atoms with Gasteiger partial charge in [-0.15, -0.1) is 0 Å². The lowest BCUT2D eigenvalue weighted by atomic mass is 10.3. The Morgan fingerprint density at radius 2 is 1.90 bits per heavy atom. The number of aromatic hydroxyl groups is 1. The average Bonchev–Trinajstić information content (AvgIpc) is 2.58. The molecule has 0 aliphatic carbocycles. The summed E-state index contributed by atoms with van der Waals surface area (Å²) in [7, 11) is 0. The molecule has 0 bridgehead atoms. The van der Waals surface area contributed by atoms with E-state index in [0.717, 1.165) is 9.80 Å². The molecule has 0 atom stereocenters. The van der Waals surface area contributed by atoms with Crippen LogP contribution < -0.4 is 4.90 Å². The molecule has 1 aliphatic rings. The summed E-state index contributed by atoms with van der Waals surface area (Å²) in [5, 5.41) is 28.4. The van der Waals surface area contributed by atoms with E-state index in [1.807, 2.05) is 0 Å². The van der Waals surface area contributed by atoms with Crippen LogP contribution in [0.3, 0.4) is 0 Å². The zero-order chi connectivity index (χ0) is 14.9. The Morgan fingerprint density at radius 3 is 2.45 bits per heavy atom. The van der Waals surface area contributed by atoms with E-state index in [-0.39, 0.29) is 36.2 Å². The van der Waals surface area contributed by atoms with Gasteiger partial charge in [0.05, 0.1) is 12.2 Å². The first-order chi connectivity index (χ1) is 9.43. The fourth-order valence-corrected chi connectivity index (χ4v) is 2.27. The third-order valence-electron chi connectivity index (χ3n) is 2.81. The van der Waals surface area contributed by atoms with Crippen molar-refractivity contribution in [3.8, 4) is 5.88 Å². The van der Waals surface area contributed by atoms with Crippen molar-refractivity contribution in [1.82, 2.24) is 14.9 Å². The lowest BCUT2D eigenvalue weighted by Gasteiger charge is -2.18. The number of amides is 2. The highest BCUT2D eigenvalue weighted by atomic mass is 32.2. The molecule has 2 rings (SSSR count). The van der Waals surface area contributed by atoms with Gasteiger partial charge in [-0.05, 0) is 6.26 Å². The molecule has 2 heterocycles. The molecule has 3 N–H and O–H groups in total. The van der Waals surface area contributed by atoms with Crippen molar-refractivity contribution in [1.29, 1.82) is 0 Å². The van der Waals surface area contributed by atoms with E-state index in [2.05, 4.69) is 9.97 Å². The van der Waals surface area contributed by atoms with Gasteiger partial charge in [0.25, 0.3) is 0 Å². The van der Waals surface area contributed by atoms with Crippen LogP contribution in [0.25, 0.3) is 0 Å². The molecule has 0 unspecified atom stereocenters. The Bertz CT molecular complexity index is 567. The van der Waals surface area contributed by atoms with Crippen molar-refractivity contribution in [2.24, 2.45) is 0 Å². The number of fused-ring (bicyclic) bond motifs is 1. The number of rotatable bonds is 1. The number of carboxylic acid groups (broad SMARTS) is 2. The van der Waals surface area contributed by atoms with Crippen molar-refractivity contribution in [3.63, 3.8) is 0 Å². The SMILES string of the molecule is CSc1nc(O)c2c(n1)CN(C(=O)O)CCN2C(=O)O. The van der Waals surface area contributed by atoms with Gasteiger partial charge in [-0.3, -0.25) is 4.90 Å². The smallest absolute Gasteiger partial charge is 0.412 e. The van der Waals surface area contributed by atoms with Crippen LogP contribution in [0.2, 0.25) is 0 Å². The maximum absolute atomic E-state index is 11.2. The summed E-state index contributed by atoms with van der Waals surface area (Å²) in [6.07, 6.45) is -0.775. The molecule has 108 valence electrons. The molecular formula is C10H12N4O5S. The molecular weight excluding hydrogens is 288 g/mol. The van der Waals surface area contributed by atoms with Gasteiger partial charge < -0.3 is 20.2 Å².